The van der Waals surface area contributed by atoms with Crippen molar-refractivity contribution in [2.24, 2.45) is 0 Å². The zero-order chi connectivity index (χ0) is 13.1. The van der Waals surface area contributed by atoms with E-state index in [2.05, 4.69) is 10.6 Å². The van der Waals surface area contributed by atoms with E-state index in [0.717, 1.165) is 32.2 Å². The minimum atomic E-state index is -1.22. The van der Waals surface area contributed by atoms with Crippen LogP contribution in [0.5, 0.6) is 0 Å². The Kier molecular flexibility index (Phi) is 4.14. The normalized spacial score (nSPS) is 24.6. The van der Waals surface area contributed by atoms with Crippen molar-refractivity contribution >= 4 is 11.9 Å². The minimum Gasteiger partial charge on any atom is -0.480 e. The summed E-state index contributed by atoms with van der Waals surface area (Å²) in [5, 5.41) is 14.9. The third kappa shape index (κ3) is 2.97. The van der Waals surface area contributed by atoms with Crippen molar-refractivity contribution in [3.63, 3.8) is 0 Å². The number of hydrogen-bond acceptors (Lipinski definition) is 3. The van der Waals surface area contributed by atoms with Gasteiger partial charge in [-0.1, -0.05) is 13.3 Å². The van der Waals surface area contributed by atoms with Gasteiger partial charge in [-0.3, -0.25) is 4.79 Å². The molecule has 5 heteroatoms. The maximum atomic E-state index is 12.2. The summed E-state index contributed by atoms with van der Waals surface area (Å²) in [6.07, 6.45) is 3.38. The monoisotopic (exact) mass is 242 g/mol. The van der Waals surface area contributed by atoms with Crippen LogP contribution in [0.2, 0.25) is 0 Å². The summed E-state index contributed by atoms with van der Waals surface area (Å²) in [7, 11) is 0. The van der Waals surface area contributed by atoms with Gasteiger partial charge in [0.25, 0.3) is 0 Å². The number of carboxylic acid groups (broad SMARTS) is 1. The van der Waals surface area contributed by atoms with Gasteiger partial charge >= 0.3 is 5.97 Å². The van der Waals surface area contributed by atoms with Crippen LogP contribution in [0.1, 0.15) is 46.5 Å². The zero-order valence-electron chi connectivity index (χ0n) is 10.8. The van der Waals surface area contributed by atoms with Gasteiger partial charge in [0.1, 0.15) is 5.54 Å². The highest BCUT2D eigenvalue weighted by atomic mass is 16.4. The van der Waals surface area contributed by atoms with E-state index < -0.39 is 17.0 Å². The van der Waals surface area contributed by atoms with E-state index in [0.29, 0.717) is 0 Å². The van der Waals surface area contributed by atoms with Crippen LogP contribution in [0, 0.1) is 0 Å². The SMILES string of the molecule is CCCC1(C(=O)NC(C)(C)C(=O)O)CCCN1. The molecule has 3 N–H and O–H groups in total. The third-order valence-electron chi connectivity index (χ3n) is 3.32. The van der Waals surface area contributed by atoms with E-state index in [1.54, 1.807) is 0 Å². The van der Waals surface area contributed by atoms with Gasteiger partial charge in [0.15, 0.2) is 0 Å². The van der Waals surface area contributed by atoms with Crippen LogP contribution in [0.25, 0.3) is 0 Å². The molecular weight excluding hydrogens is 220 g/mol. The van der Waals surface area contributed by atoms with Crippen molar-refractivity contribution in [3.8, 4) is 0 Å². The van der Waals surface area contributed by atoms with E-state index in [1.807, 2.05) is 6.92 Å². The Labute approximate surface area is 102 Å². The molecule has 1 rings (SSSR count). The molecule has 0 aromatic rings. The van der Waals surface area contributed by atoms with Crippen molar-refractivity contribution in [2.75, 3.05) is 6.54 Å². The van der Waals surface area contributed by atoms with E-state index in [9.17, 15) is 9.59 Å². The summed E-state index contributed by atoms with van der Waals surface area (Å²) in [4.78, 5) is 23.2. The lowest BCUT2D eigenvalue weighted by Crippen LogP contribution is -2.60. The smallest absolute Gasteiger partial charge is 0.328 e. The Morgan fingerprint density at radius 2 is 2.12 bits per heavy atom. The standard InChI is InChI=1S/C12H22N2O3/c1-4-6-12(7-5-8-13-12)9(15)14-11(2,3)10(16)17/h13H,4-8H2,1-3H3,(H,14,15)(H,16,17). The number of carboxylic acids is 1. The maximum absolute atomic E-state index is 12.2. The summed E-state index contributed by atoms with van der Waals surface area (Å²) >= 11 is 0. The van der Waals surface area contributed by atoms with Gasteiger partial charge in [0, 0.05) is 0 Å². The van der Waals surface area contributed by atoms with Gasteiger partial charge in [-0.25, -0.2) is 4.79 Å². The number of rotatable bonds is 5. The highest BCUT2D eigenvalue weighted by molar-refractivity contribution is 5.92. The van der Waals surface area contributed by atoms with Gasteiger partial charge in [-0.15, -0.1) is 0 Å². The number of nitrogens with one attached hydrogen (secondary N) is 2. The molecule has 1 saturated heterocycles. The predicted octanol–water partition coefficient (Wildman–Crippen LogP) is 0.888. The highest BCUT2D eigenvalue weighted by Crippen LogP contribution is 2.25. The van der Waals surface area contributed by atoms with Crippen LogP contribution in [0.4, 0.5) is 0 Å². The van der Waals surface area contributed by atoms with Gasteiger partial charge in [0.2, 0.25) is 5.91 Å². The molecule has 1 atom stereocenters. The molecule has 1 aliphatic heterocycles. The lowest BCUT2D eigenvalue weighted by molar-refractivity contribution is -0.147. The van der Waals surface area contributed by atoms with Crippen molar-refractivity contribution in [2.45, 2.75) is 57.5 Å². The molecular formula is C12H22N2O3. The van der Waals surface area contributed by atoms with E-state index in [4.69, 9.17) is 5.11 Å². The maximum Gasteiger partial charge on any atom is 0.328 e. The molecule has 0 radical (unpaired) electrons. The molecule has 1 amide bonds. The largest absolute Gasteiger partial charge is 0.480 e. The molecule has 1 fully saturated rings. The topological polar surface area (TPSA) is 78.4 Å². The van der Waals surface area contributed by atoms with Crippen molar-refractivity contribution < 1.29 is 14.7 Å². The molecule has 5 nitrogen and oxygen atoms in total. The Balaban J connectivity index is 2.76. The first-order valence-corrected chi connectivity index (χ1v) is 6.15. The van der Waals surface area contributed by atoms with Gasteiger partial charge < -0.3 is 15.7 Å². The van der Waals surface area contributed by atoms with Crippen LogP contribution >= 0.6 is 0 Å². The van der Waals surface area contributed by atoms with Crippen molar-refractivity contribution in [3.05, 3.63) is 0 Å². The first-order valence-electron chi connectivity index (χ1n) is 6.15. The number of carbonyl (C=O) groups is 2. The molecule has 0 bridgehead atoms. The molecule has 0 aromatic carbocycles. The number of aliphatic carboxylic acids is 1. The molecule has 17 heavy (non-hydrogen) atoms. The van der Waals surface area contributed by atoms with Gasteiger partial charge in [0.05, 0.1) is 5.54 Å². The number of amides is 1. The Bertz CT molecular complexity index is 307. The zero-order valence-corrected chi connectivity index (χ0v) is 10.8. The lowest BCUT2D eigenvalue weighted by atomic mass is 9.89. The Morgan fingerprint density at radius 1 is 1.47 bits per heavy atom. The van der Waals surface area contributed by atoms with Crippen LogP contribution in [0.15, 0.2) is 0 Å². The van der Waals surface area contributed by atoms with Gasteiger partial charge in [-0.2, -0.15) is 0 Å². The minimum absolute atomic E-state index is 0.191. The van der Waals surface area contributed by atoms with E-state index >= 15 is 0 Å². The summed E-state index contributed by atoms with van der Waals surface area (Å²) in [6.45, 7) is 5.85. The molecule has 98 valence electrons. The molecule has 0 aromatic heterocycles. The summed E-state index contributed by atoms with van der Waals surface area (Å²) in [6, 6.07) is 0. The van der Waals surface area contributed by atoms with Crippen LogP contribution in [-0.2, 0) is 9.59 Å². The molecule has 0 saturated carbocycles. The summed E-state index contributed by atoms with van der Waals surface area (Å²) < 4.78 is 0. The average Bonchev–Trinajstić information content (AvgIpc) is 2.67. The lowest BCUT2D eigenvalue weighted by Gasteiger charge is -2.32. The fourth-order valence-corrected chi connectivity index (χ4v) is 2.21. The quantitative estimate of drug-likeness (QED) is 0.669. The Morgan fingerprint density at radius 3 is 2.53 bits per heavy atom. The average molecular weight is 242 g/mol. The highest BCUT2D eigenvalue weighted by Gasteiger charge is 2.43. The van der Waals surface area contributed by atoms with E-state index in [-0.39, 0.29) is 5.91 Å². The number of carbonyl (C=O) groups excluding carboxylic acids is 1. The van der Waals surface area contributed by atoms with E-state index in [1.165, 1.54) is 13.8 Å². The van der Waals surface area contributed by atoms with Crippen molar-refractivity contribution in [1.82, 2.24) is 10.6 Å². The molecule has 0 spiro atoms. The second kappa shape index (κ2) is 5.04. The predicted molar refractivity (Wildman–Crippen MR) is 64.7 cm³/mol. The van der Waals surface area contributed by atoms with Crippen LogP contribution < -0.4 is 10.6 Å². The fraction of sp³-hybridized carbons (Fsp3) is 0.833. The first kappa shape index (κ1) is 14.0. The second-order valence-electron chi connectivity index (χ2n) is 5.25. The Hall–Kier alpha value is -1.10. The first-order chi connectivity index (χ1) is 7.84. The van der Waals surface area contributed by atoms with Gasteiger partial charge in [-0.05, 0) is 39.7 Å². The third-order valence-corrected chi connectivity index (χ3v) is 3.32. The molecule has 0 aliphatic carbocycles. The van der Waals surface area contributed by atoms with Crippen LogP contribution in [0.3, 0.4) is 0 Å². The second-order valence-corrected chi connectivity index (χ2v) is 5.25. The fourth-order valence-electron chi connectivity index (χ4n) is 2.21. The molecule has 1 unspecified atom stereocenters. The summed E-state index contributed by atoms with van der Waals surface area (Å²) in [5.74, 6) is -1.21. The van der Waals surface area contributed by atoms with Crippen LogP contribution in [-0.4, -0.2) is 34.6 Å². The van der Waals surface area contributed by atoms with Crippen molar-refractivity contribution in [1.29, 1.82) is 0 Å². The summed E-state index contributed by atoms with van der Waals surface area (Å²) in [5.41, 5.74) is -1.79. The number of hydrogen-bond donors (Lipinski definition) is 3. The molecule has 1 aliphatic rings. The molecule has 1 heterocycles.